The van der Waals surface area contributed by atoms with Crippen molar-refractivity contribution < 1.29 is 19.2 Å². The number of rotatable bonds is 5. The van der Waals surface area contributed by atoms with Crippen molar-refractivity contribution in [3.05, 3.63) is 63.7 Å². The number of non-ortho nitro benzene ring substituents is 1. The lowest BCUT2D eigenvalue weighted by atomic mass is 9.76. The third kappa shape index (κ3) is 3.10. The van der Waals surface area contributed by atoms with Crippen molar-refractivity contribution in [3.63, 3.8) is 0 Å². The number of hydrogen-bond donors (Lipinski definition) is 1. The van der Waals surface area contributed by atoms with Crippen molar-refractivity contribution in [2.45, 2.75) is 31.9 Å². The van der Waals surface area contributed by atoms with Gasteiger partial charge in [-0.15, -0.1) is 0 Å². The van der Waals surface area contributed by atoms with Crippen molar-refractivity contribution in [2.24, 2.45) is 0 Å². The first-order valence-corrected chi connectivity index (χ1v) is 10.1. The van der Waals surface area contributed by atoms with E-state index in [-0.39, 0.29) is 18.1 Å². The van der Waals surface area contributed by atoms with Gasteiger partial charge in [0.25, 0.3) is 5.69 Å². The number of carbonyl (C=O) groups is 1. The van der Waals surface area contributed by atoms with E-state index in [2.05, 4.69) is 19.2 Å². The molecule has 2 aromatic rings. The number of anilines is 1. The highest BCUT2D eigenvalue weighted by molar-refractivity contribution is 5.85. The fourth-order valence-electron chi connectivity index (χ4n) is 4.44. The van der Waals surface area contributed by atoms with Crippen LogP contribution in [0.15, 0.2) is 42.5 Å². The third-order valence-corrected chi connectivity index (χ3v) is 6.10. The monoisotopic (exact) mass is 423 g/mol. The number of carbonyl (C=O) groups excluding carboxylic acids is 1. The number of ether oxygens (including phenoxy) is 2. The lowest BCUT2D eigenvalue weighted by Gasteiger charge is -2.46. The second-order valence-electron chi connectivity index (χ2n) is 8.16. The van der Waals surface area contributed by atoms with Crippen LogP contribution in [0.25, 0.3) is 6.08 Å². The zero-order valence-corrected chi connectivity index (χ0v) is 18.0. The molecule has 2 aromatic carbocycles. The van der Waals surface area contributed by atoms with Gasteiger partial charge in [0, 0.05) is 29.9 Å². The van der Waals surface area contributed by atoms with Crippen LogP contribution in [-0.2, 0) is 10.2 Å². The molecule has 162 valence electrons. The molecule has 8 nitrogen and oxygen atoms in total. The van der Waals surface area contributed by atoms with Gasteiger partial charge in [0.1, 0.15) is 18.0 Å². The van der Waals surface area contributed by atoms with Gasteiger partial charge in [-0.3, -0.25) is 14.9 Å². The first-order chi connectivity index (χ1) is 14.7. The van der Waals surface area contributed by atoms with E-state index in [9.17, 15) is 14.9 Å². The Morgan fingerprint density at radius 1 is 1.26 bits per heavy atom. The smallest absolute Gasteiger partial charge is 0.270 e. The average molecular weight is 423 g/mol. The van der Waals surface area contributed by atoms with Gasteiger partial charge in [0.2, 0.25) is 11.6 Å². The molecule has 8 heteroatoms. The van der Waals surface area contributed by atoms with Gasteiger partial charge in [-0.05, 0) is 62.8 Å². The standard InChI is InChI=1S/C23H25N3O5/c1-5-24-21(27)14-25-19-8-7-17(30-4)13-18(19)22(2,3)23(25)11-10-15-12-16(26(28)29)6-9-20(15)31-23/h6-13H,5,14H2,1-4H3,(H,24,27). The van der Waals surface area contributed by atoms with Crippen LogP contribution in [0.1, 0.15) is 31.9 Å². The van der Waals surface area contributed by atoms with Gasteiger partial charge in [0.15, 0.2) is 0 Å². The Balaban J connectivity index is 1.85. The second-order valence-corrected chi connectivity index (χ2v) is 8.16. The topological polar surface area (TPSA) is 93.9 Å². The molecule has 0 aromatic heterocycles. The number of fused-ring (bicyclic) bond motifs is 2. The maximum Gasteiger partial charge on any atom is 0.270 e. The molecule has 0 saturated heterocycles. The molecule has 0 aliphatic carbocycles. The number of benzene rings is 2. The van der Waals surface area contributed by atoms with E-state index in [0.717, 1.165) is 17.0 Å². The van der Waals surface area contributed by atoms with Gasteiger partial charge in [-0.25, -0.2) is 0 Å². The lowest BCUT2D eigenvalue weighted by molar-refractivity contribution is -0.384. The molecule has 1 spiro atoms. The molecule has 2 heterocycles. The molecular formula is C23H25N3O5. The van der Waals surface area contributed by atoms with Crippen LogP contribution in [0.5, 0.6) is 11.5 Å². The highest BCUT2D eigenvalue weighted by Gasteiger charge is 2.59. The van der Waals surface area contributed by atoms with Crippen molar-refractivity contribution in [2.75, 3.05) is 25.1 Å². The van der Waals surface area contributed by atoms with Crippen molar-refractivity contribution in [3.8, 4) is 11.5 Å². The molecule has 1 N–H and O–H groups in total. The first kappa shape index (κ1) is 20.7. The van der Waals surface area contributed by atoms with Gasteiger partial charge in [-0.2, -0.15) is 0 Å². The predicted octanol–water partition coefficient (Wildman–Crippen LogP) is 3.64. The summed E-state index contributed by atoms with van der Waals surface area (Å²) in [6.45, 7) is 6.62. The van der Waals surface area contributed by atoms with E-state index in [4.69, 9.17) is 9.47 Å². The van der Waals surface area contributed by atoms with Gasteiger partial charge >= 0.3 is 0 Å². The molecule has 2 aliphatic heterocycles. The van der Waals surface area contributed by atoms with E-state index in [1.165, 1.54) is 12.1 Å². The van der Waals surface area contributed by atoms with Gasteiger partial charge in [-0.1, -0.05) is 0 Å². The molecule has 2 aliphatic rings. The summed E-state index contributed by atoms with van der Waals surface area (Å²) < 4.78 is 12.0. The van der Waals surface area contributed by atoms with Crippen LogP contribution in [0.3, 0.4) is 0 Å². The SMILES string of the molecule is CCNC(=O)CN1c2ccc(OC)cc2C(C)(C)C12C=Cc1cc([N+](=O)[O-])ccc1O2. The molecule has 1 atom stereocenters. The van der Waals surface area contributed by atoms with E-state index in [0.29, 0.717) is 17.9 Å². The molecule has 0 saturated carbocycles. The number of nitro benzene ring substituents is 1. The third-order valence-electron chi connectivity index (χ3n) is 6.10. The highest BCUT2D eigenvalue weighted by Crippen LogP contribution is 2.55. The number of hydrogen-bond acceptors (Lipinski definition) is 6. The summed E-state index contributed by atoms with van der Waals surface area (Å²) in [6.07, 6.45) is 3.73. The van der Waals surface area contributed by atoms with Gasteiger partial charge in [0.05, 0.1) is 17.4 Å². The number of nitrogens with zero attached hydrogens (tertiary/aromatic N) is 2. The van der Waals surface area contributed by atoms with Crippen molar-refractivity contribution in [1.29, 1.82) is 0 Å². The molecule has 4 rings (SSSR count). The Labute approximate surface area is 180 Å². The Kier molecular flexibility index (Phi) is 4.88. The van der Waals surface area contributed by atoms with E-state index in [1.54, 1.807) is 13.2 Å². The van der Waals surface area contributed by atoms with Crippen LogP contribution < -0.4 is 19.7 Å². The Hall–Kier alpha value is -3.55. The predicted molar refractivity (Wildman–Crippen MR) is 118 cm³/mol. The number of likely N-dealkylation sites (N-methyl/N-ethyl adjacent to an activating group) is 1. The molecule has 31 heavy (non-hydrogen) atoms. The van der Waals surface area contributed by atoms with Crippen LogP contribution >= 0.6 is 0 Å². The summed E-state index contributed by atoms with van der Waals surface area (Å²) in [5.41, 5.74) is 0.955. The minimum absolute atomic E-state index is 0.000773. The van der Waals surface area contributed by atoms with E-state index >= 15 is 0 Å². The summed E-state index contributed by atoms with van der Waals surface area (Å²) in [4.78, 5) is 25.3. The zero-order chi connectivity index (χ0) is 22.4. The van der Waals surface area contributed by atoms with Crippen LogP contribution in [0.4, 0.5) is 11.4 Å². The summed E-state index contributed by atoms with van der Waals surface area (Å²) in [6, 6.07) is 10.3. The molecular weight excluding hydrogens is 398 g/mol. The molecule has 1 amide bonds. The molecule has 0 radical (unpaired) electrons. The Morgan fingerprint density at radius 3 is 2.71 bits per heavy atom. The summed E-state index contributed by atoms with van der Waals surface area (Å²) in [7, 11) is 1.62. The minimum Gasteiger partial charge on any atom is -0.497 e. The van der Waals surface area contributed by atoms with Crippen LogP contribution in [-0.4, -0.2) is 36.8 Å². The average Bonchev–Trinajstić information content (AvgIpc) is 2.91. The zero-order valence-electron chi connectivity index (χ0n) is 18.0. The lowest BCUT2D eigenvalue weighted by Crippen LogP contribution is -2.61. The molecule has 0 fully saturated rings. The fraction of sp³-hybridized carbons (Fsp3) is 0.348. The van der Waals surface area contributed by atoms with Crippen molar-refractivity contribution in [1.82, 2.24) is 5.32 Å². The largest absolute Gasteiger partial charge is 0.497 e. The molecule has 0 bridgehead atoms. The number of amides is 1. The van der Waals surface area contributed by atoms with Crippen LogP contribution in [0.2, 0.25) is 0 Å². The maximum absolute atomic E-state index is 12.6. The Morgan fingerprint density at radius 2 is 2.03 bits per heavy atom. The quantitative estimate of drug-likeness (QED) is 0.583. The van der Waals surface area contributed by atoms with Crippen molar-refractivity contribution >= 4 is 23.4 Å². The van der Waals surface area contributed by atoms with E-state index in [1.807, 2.05) is 42.2 Å². The van der Waals surface area contributed by atoms with Crippen LogP contribution in [0, 0.1) is 10.1 Å². The van der Waals surface area contributed by atoms with Gasteiger partial charge < -0.3 is 19.7 Å². The highest BCUT2D eigenvalue weighted by atomic mass is 16.6. The molecule has 1 unspecified atom stereocenters. The number of nitrogens with one attached hydrogen (secondary N) is 1. The summed E-state index contributed by atoms with van der Waals surface area (Å²) >= 11 is 0. The maximum atomic E-state index is 12.6. The fourth-order valence-corrected chi connectivity index (χ4v) is 4.44. The summed E-state index contributed by atoms with van der Waals surface area (Å²) in [5.74, 6) is 1.13. The number of methoxy groups -OCH3 is 1. The van der Waals surface area contributed by atoms with E-state index < -0.39 is 16.1 Å². The number of nitro groups is 1. The normalized spacial score (nSPS) is 20.1. The second kappa shape index (κ2) is 7.30. The first-order valence-electron chi connectivity index (χ1n) is 10.1. The minimum atomic E-state index is -0.990. The Bertz CT molecular complexity index is 1090. The summed E-state index contributed by atoms with van der Waals surface area (Å²) in [5, 5.41) is 14.0.